The highest BCUT2D eigenvalue weighted by atomic mass is 16.4. The molecule has 0 saturated heterocycles. The minimum atomic E-state index is -1.27. The summed E-state index contributed by atoms with van der Waals surface area (Å²) in [5, 5.41) is 11.0. The number of nitrogens with one attached hydrogen (secondary N) is 1. The molecule has 15 heavy (non-hydrogen) atoms. The first-order chi connectivity index (χ1) is 6.64. The number of carboxylic acids is 1. The van der Waals surface area contributed by atoms with E-state index in [0.717, 1.165) is 0 Å². The summed E-state index contributed by atoms with van der Waals surface area (Å²) in [6.07, 6.45) is -0.406. The summed E-state index contributed by atoms with van der Waals surface area (Å²) in [6.45, 7) is 4.93. The summed E-state index contributed by atoms with van der Waals surface area (Å²) in [6, 6.07) is -1.26. The Morgan fingerprint density at radius 2 is 1.80 bits per heavy atom. The molecule has 0 aliphatic heterocycles. The van der Waals surface area contributed by atoms with Gasteiger partial charge in [0.25, 0.3) is 0 Å². The lowest BCUT2D eigenvalue weighted by atomic mass is 9.95. The number of carbonyl (C=O) groups is 3. The SMILES string of the molecule is CC(C)(C)C(=O)N[C@H](CC(N)=O)C(=O)O. The third-order valence-electron chi connectivity index (χ3n) is 1.69. The fourth-order valence-corrected chi connectivity index (χ4v) is 0.776. The second kappa shape index (κ2) is 4.77. The number of primary amides is 1. The Bertz CT molecular complexity index is 280. The molecule has 0 aromatic carbocycles. The van der Waals surface area contributed by atoms with Crippen molar-refractivity contribution in [3.63, 3.8) is 0 Å². The van der Waals surface area contributed by atoms with E-state index in [-0.39, 0.29) is 0 Å². The lowest BCUT2D eigenvalue weighted by Crippen LogP contribution is -2.47. The average Bonchev–Trinajstić information content (AvgIpc) is 1.99. The van der Waals surface area contributed by atoms with Gasteiger partial charge in [-0.25, -0.2) is 4.79 Å². The molecule has 0 bridgehead atoms. The number of hydrogen-bond acceptors (Lipinski definition) is 3. The van der Waals surface area contributed by atoms with E-state index in [9.17, 15) is 14.4 Å². The van der Waals surface area contributed by atoms with Gasteiger partial charge < -0.3 is 16.2 Å². The largest absolute Gasteiger partial charge is 0.480 e. The fraction of sp³-hybridized carbons (Fsp3) is 0.667. The normalized spacial score (nSPS) is 13.0. The van der Waals surface area contributed by atoms with Gasteiger partial charge in [0.2, 0.25) is 11.8 Å². The van der Waals surface area contributed by atoms with Crippen LogP contribution in [0.1, 0.15) is 27.2 Å². The molecule has 1 atom stereocenters. The van der Waals surface area contributed by atoms with Crippen molar-refractivity contribution in [2.75, 3.05) is 0 Å². The number of rotatable bonds is 4. The number of amides is 2. The lowest BCUT2D eigenvalue weighted by Gasteiger charge is -2.21. The maximum atomic E-state index is 11.4. The zero-order valence-electron chi connectivity index (χ0n) is 9.03. The van der Waals surface area contributed by atoms with Gasteiger partial charge >= 0.3 is 5.97 Å². The molecule has 0 rings (SSSR count). The van der Waals surface area contributed by atoms with E-state index in [4.69, 9.17) is 10.8 Å². The minimum absolute atomic E-state index is 0.406. The highest BCUT2D eigenvalue weighted by molar-refractivity contribution is 5.89. The molecule has 4 N–H and O–H groups in total. The Morgan fingerprint density at radius 3 is 2.07 bits per heavy atom. The van der Waals surface area contributed by atoms with Gasteiger partial charge in [0.1, 0.15) is 6.04 Å². The summed E-state index contributed by atoms with van der Waals surface area (Å²) in [7, 11) is 0. The Balaban J connectivity index is 4.50. The first kappa shape index (κ1) is 13.4. The molecule has 0 aromatic rings. The van der Waals surface area contributed by atoms with Crippen LogP contribution < -0.4 is 11.1 Å². The van der Waals surface area contributed by atoms with E-state index in [0.29, 0.717) is 0 Å². The van der Waals surface area contributed by atoms with Gasteiger partial charge in [-0.15, -0.1) is 0 Å². The second-order valence-corrected chi connectivity index (χ2v) is 4.28. The smallest absolute Gasteiger partial charge is 0.326 e. The predicted molar refractivity (Wildman–Crippen MR) is 52.8 cm³/mol. The number of carbonyl (C=O) groups excluding carboxylic acids is 2. The van der Waals surface area contributed by atoms with Crippen LogP contribution in [0.15, 0.2) is 0 Å². The summed E-state index contributed by atoms with van der Waals surface area (Å²) >= 11 is 0. The summed E-state index contributed by atoms with van der Waals surface area (Å²) in [5.74, 6) is -2.47. The average molecular weight is 216 g/mol. The molecule has 0 heterocycles. The quantitative estimate of drug-likeness (QED) is 0.587. The van der Waals surface area contributed by atoms with Crippen LogP contribution in [0.5, 0.6) is 0 Å². The van der Waals surface area contributed by atoms with Crippen molar-refractivity contribution >= 4 is 17.8 Å². The summed E-state index contributed by atoms with van der Waals surface area (Å²) in [5.41, 5.74) is 4.16. The minimum Gasteiger partial charge on any atom is -0.480 e. The number of aliphatic carboxylic acids is 1. The van der Waals surface area contributed by atoms with Crippen LogP contribution in [0.4, 0.5) is 0 Å². The van der Waals surface area contributed by atoms with Gasteiger partial charge in [-0.1, -0.05) is 20.8 Å². The van der Waals surface area contributed by atoms with Crippen molar-refractivity contribution < 1.29 is 19.5 Å². The van der Waals surface area contributed by atoms with E-state index >= 15 is 0 Å². The van der Waals surface area contributed by atoms with Crippen molar-refractivity contribution in [1.29, 1.82) is 0 Å². The number of hydrogen-bond donors (Lipinski definition) is 3. The monoisotopic (exact) mass is 216 g/mol. The first-order valence-corrected chi connectivity index (χ1v) is 4.46. The summed E-state index contributed by atoms with van der Waals surface area (Å²) in [4.78, 5) is 32.7. The molecule has 0 spiro atoms. The van der Waals surface area contributed by atoms with E-state index in [1.807, 2.05) is 0 Å². The van der Waals surface area contributed by atoms with Crippen LogP contribution in [0.2, 0.25) is 0 Å². The lowest BCUT2D eigenvalue weighted by molar-refractivity contribution is -0.144. The number of nitrogens with two attached hydrogens (primary N) is 1. The molecule has 86 valence electrons. The van der Waals surface area contributed by atoms with Crippen LogP contribution in [-0.2, 0) is 14.4 Å². The molecular weight excluding hydrogens is 200 g/mol. The third-order valence-corrected chi connectivity index (χ3v) is 1.69. The maximum Gasteiger partial charge on any atom is 0.326 e. The van der Waals surface area contributed by atoms with Crippen LogP contribution in [0.25, 0.3) is 0 Å². The molecule has 0 aliphatic carbocycles. The first-order valence-electron chi connectivity index (χ1n) is 4.46. The highest BCUT2D eigenvalue weighted by Gasteiger charge is 2.28. The van der Waals surface area contributed by atoms with Gasteiger partial charge in [0.05, 0.1) is 6.42 Å². The van der Waals surface area contributed by atoms with Gasteiger partial charge in [-0.2, -0.15) is 0 Å². The molecule has 0 aromatic heterocycles. The fourth-order valence-electron chi connectivity index (χ4n) is 0.776. The van der Waals surface area contributed by atoms with E-state index in [1.165, 1.54) is 0 Å². The van der Waals surface area contributed by atoms with E-state index in [1.54, 1.807) is 20.8 Å². The molecule has 6 heteroatoms. The molecular formula is C9H16N2O4. The van der Waals surface area contributed by atoms with Gasteiger partial charge in [0.15, 0.2) is 0 Å². The van der Waals surface area contributed by atoms with Crippen LogP contribution in [0.3, 0.4) is 0 Å². The van der Waals surface area contributed by atoms with E-state index < -0.39 is 35.7 Å². The maximum absolute atomic E-state index is 11.4. The Labute approximate surface area is 87.8 Å². The summed E-state index contributed by atoms with van der Waals surface area (Å²) < 4.78 is 0. The molecule has 6 nitrogen and oxygen atoms in total. The molecule has 0 radical (unpaired) electrons. The van der Waals surface area contributed by atoms with Gasteiger partial charge in [0, 0.05) is 5.41 Å². The second-order valence-electron chi connectivity index (χ2n) is 4.28. The zero-order chi connectivity index (χ0) is 12.2. The van der Waals surface area contributed by atoms with Gasteiger partial charge in [-0.05, 0) is 0 Å². The molecule has 2 amide bonds. The Kier molecular flexibility index (Phi) is 4.26. The van der Waals surface area contributed by atoms with Crippen LogP contribution in [0, 0.1) is 5.41 Å². The Morgan fingerprint density at radius 1 is 1.33 bits per heavy atom. The van der Waals surface area contributed by atoms with E-state index in [2.05, 4.69) is 5.32 Å². The third kappa shape index (κ3) is 4.99. The van der Waals surface area contributed by atoms with Crippen LogP contribution in [-0.4, -0.2) is 28.9 Å². The topological polar surface area (TPSA) is 109 Å². The van der Waals surface area contributed by atoms with Crippen molar-refractivity contribution in [2.45, 2.75) is 33.2 Å². The van der Waals surface area contributed by atoms with Crippen LogP contribution >= 0.6 is 0 Å². The van der Waals surface area contributed by atoms with Crippen molar-refractivity contribution in [3.8, 4) is 0 Å². The van der Waals surface area contributed by atoms with Crippen molar-refractivity contribution in [1.82, 2.24) is 5.32 Å². The van der Waals surface area contributed by atoms with Gasteiger partial charge in [-0.3, -0.25) is 9.59 Å². The molecule has 0 saturated carbocycles. The Hall–Kier alpha value is -1.59. The molecule has 0 unspecified atom stereocenters. The molecule has 0 fully saturated rings. The number of carboxylic acid groups (broad SMARTS) is 1. The van der Waals surface area contributed by atoms with Crippen molar-refractivity contribution in [3.05, 3.63) is 0 Å². The highest BCUT2D eigenvalue weighted by Crippen LogP contribution is 2.13. The van der Waals surface area contributed by atoms with Crippen molar-refractivity contribution in [2.24, 2.45) is 11.1 Å². The standard InChI is InChI=1S/C9H16N2O4/c1-9(2,3)8(15)11-5(7(13)14)4-6(10)12/h5H,4H2,1-3H3,(H2,10,12)(H,11,15)(H,13,14)/t5-/m1/s1. The zero-order valence-corrected chi connectivity index (χ0v) is 9.03. The predicted octanol–water partition coefficient (Wildman–Crippen LogP) is -0.523. The molecule has 0 aliphatic rings.